The molecule has 0 aliphatic carbocycles. The lowest BCUT2D eigenvalue weighted by Gasteiger charge is -2.08. The minimum absolute atomic E-state index is 0.0992. The predicted octanol–water partition coefficient (Wildman–Crippen LogP) is 3.78. The van der Waals surface area contributed by atoms with E-state index >= 15 is 0 Å². The topological polar surface area (TPSA) is 42.2 Å². The molecule has 21 heavy (non-hydrogen) atoms. The van der Waals surface area contributed by atoms with Crippen LogP contribution in [0.25, 0.3) is 0 Å². The Morgan fingerprint density at radius 1 is 1.38 bits per heavy atom. The SMILES string of the molecule is FC(F)(F)c1cnc(NN=C2CCn3cccc32)c(Cl)c1. The van der Waals surface area contributed by atoms with Gasteiger partial charge < -0.3 is 4.57 Å². The van der Waals surface area contributed by atoms with Crippen LogP contribution in [0.3, 0.4) is 0 Å². The van der Waals surface area contributed by atoms with Crippen LogP contribution < -0.4 is 5.43 Å². The summed E-state index contributed by atoms with van der Waals surface area (Å²) < 4.78 is 39.6. The molecule has 0 saturated heterocycles. The Morgan fingerprint density at radius 3 is 2.90 bits per heavy atom. The van der Waals surface area contributed by atoms with Gasteiger partial charge in [0.2, 0.25) is 0 Å². The summed E-state index contributed by atoms with van der Waals surface area (Å²) in [6, 6.07) is 4.66. The van der Waals surface area contributed by atoms with Gasteiger partial charge in [0.1, 0.15) is 0 Å². The second-order valence-electron chi connectivity index (χ2n) is 4.56. The van der Waals surface area contributed by atoms with E-state index < -0.39 is 11.7 Å². The molecular formula is C13H10ClF3N4. The van der Waals surface area contributed by atoms with Gasteiger partial charge in [0.25, 0.3) is 0 Å². The Bertz CT molecular complexity index is 706. The Balaban J connectivity index is 1.81. The summed E-state index contributed by atoms with van der Waals surface area (Å²) in [5, 5.41) is 4.05. The van der Waals surface area contributed by atoms with Crippen molar-refractivity contribution in [1.82, 2.24) is 9.55 Å². The van der Waals surface area contributed by atoms with E-state index in [1.165, 1.54) is 0 Å². The van der Waals surface area contributed by atoms with Crippen molar-refractivity contribution >= 4 is 23.1 Å². The van der Waals surface area contributed by atoms with Crippen LogP contribution in [-0.4, -0.2) is 15.3 Å². The van der Waals surface area contributed by atoms with Crippen molar-refractivity contribution in [3.05, 3.63) is 46.9 Å². The summed E-state index contributed by atoms with van der Waals surface area (Å²) in [4.78, 5) is 3.67. The largest absolute Gasteiger partial charge is 0.417 e. The van der Waals surface area contributed by atoms with E-state index in [9.17, 15) is 13.2 Å². The molecule has 0 radical (unpaired) electrons. The molecule has 3 heterocycles. The van der Waals surface area contributed by atoms with E-state index in [0.717, 1.165) is 36.6 Å². The van der Waals surface area contributed by atoms with Crippen LogP contribution in [0.15, 0.2) is 35.7 Å². The van der Waals surface area contributed by atoms with Gasteiger partial charge in [0, 0.05) is 25.4 Å². The Kier molecular flexibility index (Phi) is 3.36. The molecule has 2 aromatic heterocycles. The average molecular weight is 315 g/mol. The van der Waals surface area contributed by atoms with Gasteiger partial charge in [-0.15, -0.1) is 0 Å². The van der Waals surface area contributed by atoms with Crippen LogP contribution in [0, 0.1) is 0 Å². The lowest BCUT2D eigenvalue weighted by atomic mass is 10.2. The highest BCUT2D eigenvalue weighted by Gasteiger charge is 2.31. The number of nitrogens with zero attached hydrogens (tertiary/aromatic N) is 3. The Labute approximate surface area is 123 Å². The number of hydrogen-bond acceptors (Lipinski definition) is 3. The number of halogens is 4. The van der Waals surface area contributed by atoms with Crippen molar-refractivity contribution in [3.63, 3.8) is 0 Å². The smallest absolute Gasteiger partial charge is 0.346 e. The molecule has 0 spiro atoms. The second-order valence-corrected chi connectivity index (χ2v) is 4.97. The molecule has 2 aromatic rings. The molecule has 110 valence electrons. The van der Waals surface area contributed by atoms with E-state index in [-0.39, 0.29) is 10.8 Å². The first-order valence-electron chi connectivity index (χ1n) is 6.16. The highest BCUT2D eigenvalue weighted by Crippen LogP contribution is 2.32. The van der Waals surface area contributed by atoms with Gasteiger partial charge in [0.05, 0.1) is 22.0 Å². The van der Waals surface area contributed by atoms with Crippen LogP contribution in [0.1, 0.15) is 17.7 Å². The monoisotopic (exact) mass is 314 g/mol. The van der Waals surface area contributed by atoms with E-state index in [1.54, 1.807) is 0 Å². The molecule has 0 bridgehead atoms. The van der Waals surface area contributed by atoms with Crippen molar-refractivity contribution < 1.29 is 13.2 Å². The molecule has 0 aromatic carbocycles. The number of alkyl halides is 3. The minimum Gasteiger partial charge on any atom is -0.346 e. The average Bonchev–Trinajstić information content (AvgIpc) is 2.99. The molecule has 0 atom stereocenters. The van der Waals surface area contributed by atoms with Gasteiger partial charge in [0.15, 0.2) is 5.82 Å². The predicted molar refractivity (Wildman–Crippen MR) is 73.5 cm³/mol. The first-order chi connectivity index (χ1) is 9.95. The molecule has 0 amide bonds. The van der Waals surface area contributed by atoms with Gasteiger partial charge in [-0.1, -0.05) is 11.6 Å². The first-order valence-corrected chi connectivity index (χ1v) is 6.54. The fourth-order valence-corrected chi connectivity index (χ4v) is 2.34. The third-order valence-electron chi connectivity index (χ3n) is 3.18. The van der Waals surface area contributed by atoms with Gasteiger partial charge in [-0.2, -0.15) is 18.3 Å². The maximum atomic E-state index is 12.5. The number of aromatic nitrogens is 2. The zero-order valence-corrected chi connectivity index (χ0v) is 11.4. The maximum absolute atomic E-state index is 12.5. The molecule has 4 nitrogen and oxygen atoms in total. The Hall–Kier alpha value is -2.02. The highest BCUT2D eigenvalue weighted by molar-refractivity contribution is 6.33. The maximum Gasteiger partial charge on any atom is 0.417 e. The number of pyridine rings is 1. The van der Waals surface area contributed by atoms with E-state index in [4.69, 9.17) is 11.6 Å². The lowest BCUT2D eigenvalue weighted by molar-refractivity contribution is -0.137. The number of anilines is 1. The number of hydrazone groups is 1. The van der Waals surface area contributed by atoms with E-state index in [2.05, 4.69) is 15.5 Å². The molecule has 0 unspecified atom stereocenters. The van der Waals surface area contributed by atoms with Crippen molar-refractivity contribution in [1.29, 1.82) is 0 Å². The number of aryl methyl sites for hydroxylation is 1. The van der Waals surface area contributed by atoms with Crippen molar-refractivity contribution in [2.75, 3.05) is 5.43 Å². The fraction of sp³-hybridized carbons (Fsp3) is 0.231. The van der Waals surface area contributed by atoms with Crippen molar-refractivity contribution in [3.8, 4) is 0 Å². The van der Waals surface area contributed by atoms with Crippen LogP contribution in [-0.2, 0) is 12.7 Å². The summed E-state index contributed by atoms with van der Waals surface area (Å²) in [7, 11) is 0. The van der Waals surface area contributed by atoms with Crippen molar-refractivity contribution in [2.24, 2.45) is 5.10 Å². The third-order valence-corrected chi connectivity index (χ3v) is 3.47. The zero-order chi connectivity index (χ0) is 15.0. The normalized spacial score (nSPS) is 16.3. The van der Waals surface area contributed by atoms with Crippen LogP contribution in [0.2, 0.25) is 5.02 Å². The zero-order valence-electron chi connectivity index (χ0n) is 10.7. The third kappa shape index (κ3) is 2.73. The molecule has 0 saturated carbocycles. The number of nitrogens with one attached hydrogen (secondary N) is 1. The molecule has 8 heteroatoms. The molecule has 0 fully saturated rings. The molecule has 1 aliphatic heterocycles. The van der Waals surface area contributed by atoms with Crippen LogP contribution >= 0.6 is 11.6 Å². The van der Waals surface area contributed by atoms with Gasteiger partial charge >= 0.3 is 6.18 Å². The molecule has 3 rings (SSSR count). The first kappa shape index (κ1) is 13.9. The van der Waals surface area contributed by atoms with E-state index in [0.29, 0.717) is 0 Å². The molecule has 1 N–H and O–H groups in total. The molecular weight excluding hydrogens is 305 g/mol. The van der Waals surface area contributed by atoms with Gasteiger partial charge in [-0.05, 0) is 18.2 Å². The van der Waals surface area contributed by atoms with Crippen LogP contribution in [0.4, 0.5) is 19.0 Å². The van der Waals surface area contributed by atoms with Gasteiger partial charge in [-0.25, -0.2) is 4.98 Å². The van der Waals surface area contributed by atoms with Gasteiger partial charge in [-0.3, -0.25) is 5.43 Å². The summed E-state index contributed by atoms with van der Waals surface area (Å²) in [5.41, 5.74) is 3.53. The number of hydrogen-bond donors (Lipinski definition) is 1. The van der Waals surface area contributed by atoms with E-state index in [1.807, 2.05) is 22.9 Å². The summed E-state index contributed by atoms with van der Waals surface area (Å²) in [6.07, 6.45) is -1.04. The van der Waals surface area contributed by atoms with Crippen molar-refractivity contribution in [2.45, 2.75) is 19.1 Å². The highest BCUT2D eigenvalue weighted by atomic mass is 35.5. The summed E-state index contributed by atoms with van der Waals surface area (Å²) >= 11 is 5.80. The summed E-state index contributed by atoms with van der Waals surface area (Å²) in [6.45, 7) is 0.830. The standard InChI is InChI=1S/C13H10ClF3N4/c14-9-6-8(13(15,16)17)7-18-12(9)20-19-10-3-5-21-4-1-2-11(10)21/h1-2,4,6-7H,3,5H2,(H,18,20). The summed E-state index contributed by atoms with van der Waals surface area (Å²) in [5.74, 6) is 0.0992. The fourth-order valence-electron chi connectivity index (χ4n) is 2.13. The number of fused-ring (bicyclic) bond motifs is 1. The Morgan fingerprint density at radius 2 is 2.19 bits per heavy atom. The second kappa shape index (κ2) is 5.07. The molecule has 1 aliphatic rings. The van der Waals surface area contributed by atoms with Crippen LogP contribution in [0.5, 0.6) is 0 Å². The quantitative estimate of drug-likeness (QED) is 0.857. The lowest BCUT2D eigenvalue weighted by Crippen LogP contribution is -2.07. The minimum atomic E-state index is -4.46. The number of rotatable bonds is 2.